The zero-order chi connectivity index (χ0) is 22.9. The summed E-state index contributed by atoms with van der Waals surface area (Å²) < 4.78 is 5.89. The third kappa shape index (κ3) is 3.87. The standard InChI is InChI=1S/C26H20N4O3/c1-15-7-8-17(13-20(15)26(31)32)21-14-22-23(25(27)30-29-22)24(28-21)16-9-11-19(12-10-16)33-18-5-3-2-4-6-18/h2-14H,1H3,(H,31,32)(H3,27,29,30). The van der Waals surface area contributed by atoms with Crippen LogP contribution in [-0.2, 0) is 0 Å². The topological polar surface area (TPSA) is 114 Å². The number of H-pyrrole nitrogens is 1. The molecule has 0 aliphatic heterocycles. The fourth-order valence-electron chi connectivity index (χ4n) is 3.74. The number of fused-ring (bicyclic) bond motifs is 1. The molecule has 2 heterocycles. The summed E-state index contributed by atoms with van der Waals surface area (Å²) in [6.07, 6.45) is 0. The number of rotatable bonds is 5. The van der Waals surface area contributed by atoms with Crippen LogP contribution in [0.15, 0.2) is 78.9 Å². The van der Waals surface area contributed by atoms with E-state index in [1.165, 1.54) is 0 Å². The number of nitrogens with one attached hydrogen (secondary N) is 1. The molecule has 3 aromatic carbocycles. The van der Waals surface area contributed by atoms with Gasteiger partial charge in [0, 0.05) is 11.1 Å². The van der Waals surface area contributed by atoms with Gasteiger partial charge in [-0.1, -0.05) is 30.3 Å². The van der Waals surface area contributed by atoms with E-state index in [1.54, 1.807) is 19.1 Å². The van der Waals surface area contributed by atoms with Gasteiger partial charge in [0.15, 0.2) is 5.82 Å². The van der Waals surface area contributed by atoms with Crippen LogP contribution in [0.5, 0.6) is 11.5 Å². The van der Waals surface area contributed by atoms with Crippen LogP contribution >= 0.6 is 0 Å². The highest BCUT2D eigenvalue weighted by Gasteiger charge is 2.16. The maximum atomic E-state index is 11.6. The van der Waals surface area contributed by atoms with Crippen molar-refractivity contribution in [3.8, 4) is 34.0 Å². The minimum Gasteiger partial charge on any atom is -0.478 e. The van der Waals surface area contributed by atoms with Gasteiger partial charge in [0.2, 0.25) is 0 Å². The molecule has 0 saturated carbocycles. The Kier molecular flexibility index (Phi) is 4.99. The maximum Gasteiger partial charge on any atom is 0.335 e. The van der Waals surface area contributed by atoms with Crippen LogP contribution in [0, 0.1) is 6.92 Å². The van der Waals surface area contributed by atoms with Gasteiger partial charge < -0.3 is 15.6 Å². The zero-order valence-corrected chi connectivity index (χ0v) is 17.7. The number of benzene rings is 3. The lowest BCUT2D eigenvalue weighted by Gasteiger charge is -2.10. The molecule has 7 nitrogen and oxygen atoms in total. The van der Waals surface area contributed by atoms with Crippen molar-refractivity contribution < 1.29 is 14.6 Å². The van der Waals surface area contributed by atoms with Gasteiger partial charge in [-0.2, -0.15) is 5.10 Å². The molecule has 0 aliphatic carbocycles. The van der Waals surface area contributed by atoms with E-state index in [1.807, 2.05) is 66.7 Å². The Balaban J connectivity index is 1.59. The number of aromatic nitrogens is 3. The molecule has 0 unspecified atom stereocenters. The first-order chi connectivity index (χ1) is 16.0. The quantitative estimate of drug-likeness (QED) is 0.327. The van der Waals surface area contributed by atoms with E-state index in [0.717, 1.165) is 16.8 Å². The van der Waals surface area contributed by atoms with Gasteiger partial charge in [0.1, 0.15) is 11.5 Å². The molecule has 0 amide bonds. The third-order valence-electron chi connectivity index (χ3n) is 5.44. The highest BCUT2D eigenvalue weighted by atomic mass is 16.5. The maximum absolute atomic E-state index is 11.6. The van der Waals surface area contributed by atoms with Crippen molar-refractivity contribution in [1.29, 1.82) is 0 Å². The van der Waals surface area contributed by atoms with Crippen molar-refractivity contribution in [1.82, 2.24) is 15.2 Å². The van der Waals surface area contributed by atoms with Crippen molar-refractivity contribution in [2.75, 3.05) is 5.73 Å². The molecule has 33 heavy (non-hydrogen) atoms. The average molecular weight is 436 g/mol. The van der Waals surface area contributed by atoms with E-state index in [4.69, 9.17) is 15.5 Å². The number of carbonyl (C=O) groups is 1. The van der Waals surface area contributed by atoms with Crippen LogP contribution in [0.2, 0.25) is 0 Å². The third-order valence-corrected chi connectivity index (χ3v) is 5.44. The molecule has 0 bridgehead atoms. The van der Waals surface area contributed by atoms with E-state index in [-0.39, 0.29) is 5.56 Å². The summed E-state index contributed by atoms with van der Waals surface area (Å²) in [6, 6.07) is 24.2. The minimum absolute atomic E-state index is 0.238. The number of aromatic amines is 1. The van der Waals surface area contributed by atoms with Crippen molar-refractivity contribution in [2.45, 2.75) is 6.92 Å². The van der Waals surface area contributed by atoms with Crippen LogP contribution in [0.4, 0.5) is 5.82 Å². The lowest BCUT2D eigenvalue weighted by molar-refractivity contribution is 0.0696. The number of nitrogens with zero attached hydrogens (tertiary/aromatic N) is 2. The smallest absolute Gasteiger partial charge is 0.335 e. The summed E-state index contributed by atoms with van der Waals surface area (Å²) in [5, 5.41) is 17.3. The SMILES string of the molecule is Cc1ccc(-c2cc3[nH]nc(N)c3c(-c3ccc(Oc4ccccc4)cc3)n2)cc1C(=O)O. The Hall–Kier alpha value is -4.65. The summed E-state index contributed by atoms with van der Waals surface area (Å²) in [5.41, 5.74) is 10.6. The molecular weight excluding hydrogens is 416 g/mol. The number of hydrogen-bond acceptors (Lipinski definition) is 5. The summed E-state index contributed by atoms with van der Waals surface area (Å²) in [4.78, 5) is 16.5. The monoisotopic (exact) mass is 436 g/mol. The molecule has 0 spiro atoms. The van der Waals surface area contributed by atoms with Crippen LogP contribution in [0.1, 0.15) is 15.9 Å². The molecule has 5 rings (SSSR count). The molecule has 162 valence electrons. The fraction of sp³-hybridized carbons (Fsp3) is 0.0385. The Morgan fingerprint density at radius 2 is 1.64 bits per heavy atom. The number of ether oxygens (including phenoxy) is 1. The fourth-order valence-corrected chi connectivity index (χ4v) is 3.74. The number of anilines is 1. The van der Waals surface area contributed by atoms with E-state index >= 15 is 0 Å². The number of para-hydroxylation sites is 1. The van der Waals surface area contributed by atoms with Gasteiger partial charge in [0.05, 0.1) is 27.9 Å². The second-order valence-corrected chi connectivity index (χ2v) is 7.66. The van der Waals surface area contributed by atoms with E-state index < -0.39 is 5.97 Å². The predicted octanol–water partition coefficient (Wildman–Crippen LogP) is 5.67. The van der Waals surface area contributed by atoms with Gasteiger partial charge in [-0.05, 0) is 61.0 Å². The number of aromatic carboxylic acids is 1. The average Bonchev–Trinajstić information content (AvgIpc) is 3.20. The van der Waals surface area contributed by atoms with Crippen LogP contribution in [0.3, 0.4) is 0 Å². The molecule has 0 fully saturated rings. The number of hydrogen-bond donors (Lipinski definition) is 3. The molecule has 0 radical (unpaired) electrons. The minimum atomic E-state index is -0.976. The second-order valence-electron chi connectivity index (χ2n) is 7.66. The number of aryl methyl sites for hydroxylation is 1. The van der Waals surface area contributed by atoms with E-state index in [2.05, 4.69) is 10.2 Å². The number of pyridine rings is 1. The molecule has 7 heteroatoms. The molecule has 4 N–H and O–H groups in total. The molecule has 0 atom stereocenters. The molecular formula is C26H20N4O3. The van der Waals surface area contributed by atoms with E-state index in [0.29, 0.717) is 39.5 Å². The second kappa shape index (κ2) is 8.12. The highest BCUT2D eigenvalue weighted by molar-refractivity contribution is 6.01. The van der Waals surface area contributed by atoms with Crippen LogP contribution in [0.25, 0.3) is 33.4 Å². The van der Waals surface area contributed by atoms with Crippen LogP contribution in [-0.4, -0.2) is 26.3 Å². The van der Waals surface area contributed by atoms with Crippen molar-refractivity contribution in [2.24, 2.45) is 0 Å². The first-order valence-corrected chi connectivity index (χ1v) is 10.3. The summed E-state index contributed by atoms with van der Waals surface area (Å²) in [5.74, 6) is 0.817. The summed E-state index contributed by atoms with van der Waals surface area (Å²) >= 11 is 0. The number of carboxylic acid groups (broad SMARTS) is 1. The zero-order valence-electron chi connectivity index (χ0n) is 17.7. The summed E-state index contributed by atoms with van der Waals surface area (Å²) in [6.45, 7) is 1.77. The van der Waals surface area contributed by atoms with Crippen molar-refractivity contribution in [3.63, 3.8) is 0 Å². The molecule has 2 aromatic heterocycles. The van der Waals surface area contributed by atoms with E-state index in [9.17, 15) is 9.90 Å². The van der Waals surface area contributed by atoms with Crippen molar-refractivity contribution >= 4 is 22.7 Å². The summed E-state index contributed by atoms with van der Waals surface area (Å²) in [7, 11) is 0. The Bertz CT molecular complexity index is 1480. The largest absolute Gasteiger partial charge is 0.478 e. The van der Waals surface area contributed by atoms with Gasteiger partial charge in [-0.3, -0.25) is 5.10 Å². The number of carboxylic acids is 1. The first-order valence-electron chi connectivity index (χ1n) is 10.3. The molecule has 0 aliphatic rings. The molecule has 0 saturated heterocycles. The first kappa shape index (κ1) is 20.3. The predicted molar refractivity (Wildman–Crippen MR) is 127 cm³/mol. The van der Waals surface area contributed by atoms with Gasteiger partial charge >= 0.3 is 5.97 Å². The van der Waals surface area contributed by atoms with Gasteiger partial charge in [-0.15, -0.1) is 0 Å². The van der Waals surface area contributed by atoms with Gasteiger partial charge in [0.25, 0.3) is 0 Å². The normalized spacial score (nSPS) is 10.9. The highest BCUT2D eigenvalue weighted by Crippen LogP contribution is 2.34. The molecule has 5 aromatic rings. The Morgan fingerprint density at radius 3 is 2.36 bits per heavy atom. The lowest BCUT2D eigenvalue weighted by atomic mass is 10.0. The number of nitrogen functional groups attached to an aromatic ring is 1. The number of nitrogens with two attached hydrogens (primary N) is 1. The van der Waals surface area contributed by atoms with Crippen molar-refractivity contribution in [3.05, 3.63) is 90.0 Å². The van der Waals surface area contributed by atoms with Gasteiger partial charge in [-0.25, -0.2) is 9.78 Å². The Labute approximate surface area is 189 Å². The van der Waals surface area contributed by atoms with Crippen LogP contribution < -0.4 is 10.5 Å². The Morgan fingerprint density at radius 1 is 0.939 bits per heavy atom. The lowest BCUT2D eigenvalue weighted by Crippen LogP contribution is -2.00.